The van der Waals surface area contributed by atoms with Crippen LogP contribution in [0.1, 0.15) is 0 Å². The molecule has 114 valence electrons. The summed E-state index contributed by atoms with van der Waals surface area (Å²) in [5.41, 5.74) is 0. The van der Waals surface area contributed by atoms with E-state index in [1.807, 2.05) is 0 Å². The van der Waals surface area contributed by atoms with Gasteiger partial charge in [-0.1, -0.05) is 92.8 Å². The normalized spacial score (nSPS) is 11.6. The Hall–Kier alpha value is 0.500. The molecule has 0 aromatic heterocycles. The maximum atomic E-state index is 6.35. The molecule has 22 heavy (non-hydrogen) atoms. The van der Waals surface area contributed by atoms with Gasteiger partial charge in [-0.05, 0) is 12.1 Å². The van der Waals surface area contributed by atoms with Crippen LogP contribution in [0.25, 0.3) is 21.5 Å². The second-order valence-electron chi connectivity index (χ2n) is 4.44. The molecule has 3 aromatic rings. The quantitative estimate of drug-likeness (QED) is 0.235. The molecule has 0 heterocycles. The lowest BCUT2D eigenvalue weighted by Crippen LogP contribution is -1.88. The van der Waals surface area contributed by atoms with E-state index in [4.69, 9.17) is 92.8 Å². The van der Waals surface area contributed by atoms with Crippen molar-refractivity contribution in [3.05, 3.63) is 52.3 Å². The van der Waals surface area contributed by atoms with Crippen molar-refractivity contribution in [3.8, 4) is 0 Å². The maximum absolute atomic E-state index is 6.35. The van der Waals surface area contributed by atoms with Gasteiger partial charge in [-0.2, -0.15) is 0 Å². The van der Waals surface area contributed by atoms with Crippen LogP contribution in [0, 0.1) is 0 Å². The first-order valence-electron chi connectivity index (χ1n) is 5.67. The molecule has 0 aliphatic carbocycles. The summed E-state index contributed by atoms with van der Waals surface area (Å²) < 4.78 is 0. The smallest absolute Gasteiger partial charge is 0.0693 e. The van der Waals surface area contributed by atoms with E-state index in [0.29, 0.717) is 31.6 Å². The summed E-state index contributed by atoms with van der Waals surface area (Å²) in [6, 6.07) is 3.00. The zero-order valence-electron chi connectivity index (χ0n) is 10.2. The Morgan fingerprint density at radius 1 is 0.364 bits per heavy atom. The summed E-state index contributed by atoms with van der Waals surface area (Å²) in [5, 5.41) is 3.84. The van der Waals surface area contributed by atoms with E-state index >= 15 is 0 Å². The molecule has 0 fully saturated rings. The molecule has 0 radical (unpaired) electrons. The molecule has 0 amide bonds. The summed E-state index contributed by atoms with van der Waals surface area (Å²) >= 11 is 50.1. The van der Waals surface area contributed by atoms with Crippen LogP contribution in [0.2, 0.25) is 40.2 Å². The molecule has 3 rings (SSSR count). The largest absolute Gasteiger partial charge is 0.0836 e. The molecule has 0 nitrogen and oxygen atoms in total. The van der Waals surface area contributed by atoms with Crippen molar-refractivity contribution in [2.45, 2.75) is 0 Å². The summed E-state index contributed by atoms with van der Waals surface area (Å²) in [6.07, 6.45) is 0. The lowest BCUT2D eigenvalue weighted by atomic mass is 10.0. The summed E-state index contributed by atoms with van der Waals surface area (Å²) in [5.74, 6) is 0. The molecule has 0 saturated heterocycles. The molecular weight excluding hydrogens is 452 g/mol. The van der Waals surface area contributed by atoms with Crippen LogP contribution in [0.4, 0.5) is 0 Å². The van der Waals surface area contributed by atoms with Gasteiger partial charge in [-0.3, -0.25) is 0 Å². The number of hydrogen-bond acceptors (Lipinski definition) is 0. The highest BCUT2D eigenvalue weighted by Crippen LogP contribution is 2.51. The Kier molecular flexibility index (Phi) is 4.80. The van der Waals surface area contributed by atoms with Gasteiger partial charge in [0.05, 0.1) is 40.2 Å². The fourth-order valence-electron chi connectivity index (χ4n) is 2.31. The van der Waals surface area contributed by atoms with Gasteiger partial charge in [0.25, 0.3) is 0 Å². The fraction of sp³-hybridized carbons (Fsp3) is 0. The first kappa shape index (κ1) is 17.3. The Bertz CT molecular complexity index is 961. The highest BCUT2D eigenvalue weighted by atomic mass is 35.5. The zero-order valence-corrected chi connectivity index (χ0v) is 16.2. The zero-order chi connectivity index (χ0) is 16.3. The van der Waals surface area contributed by atoms with Crippen LogP contribution >= 0.6 is 92.8 Å². The molecule has 0 unspecified atom stereocenters. The molecule has 3 aromatic carbocycles. The molecule has 0 spiro atoms. The van der Waals surface area contributed by atoms with Crippen molar-refractivity contribution in [1.29, 1.82) is 0 Å². The summed E-state index contributed by atoms with van der Waals surface area (Å²) in [6.45, 7) is 0. The Morgan fingerprint density at radius 2 is 0.773 bits per heavy atom. The third-order valence-electron chi connectivity index (χ3n) is 3.22. The molecule has 0 aliphatic rings. The van der Waals surface area contributed by atoms with Crippen molar-refractivity contribution in [2.75, 3.05) is 0 Å². The van der Waals surface area contributed by atoms with E-state index < -0.39 is 0 Å². The molecule has 8 heteroatoms. The molecule has 0 atom stereocenters. The van der Waals surface area contributed by atoms with E-state index in [1.54, 1.807) is 0 Å². The monoisotopic (exact) mass is 450 g/mol. The average Bonchev–Trinajstić information content (AvgIpc) is 2.44. The maximum Gasteiger partial charge on any atom is 0.0693 e. The van der Waals surface area contributed by atoms with E-state index in [2.05, 4.69) is 0 Å². The van der Waals surface area contributed by atoms with E-state index in [9.17, 15) is 0 Å². The molecular formula is C14H2Cl8. The van der Waals surface area contributed by atoms with Gasteiger partial charge in [0.1, 0.15) is 0 Å². The first-order chi connectivity index (χ1) is 10.3. The number of benzene rings is 3. The highest BCUT2D eigenvalue weighted by Gasteiger charge is 2.23. The minimum atomic E-state index is 0.193. The van der Waals surface area contributed by atoms with Crippen LogP contribution in [-0.2, 0) is 0 Å². The van der Waals surface area contributed by atoms with E-state index in [-0.39, 0.29) is 30.1 Å². The minimum absolute atomic E-state index is 0.193. The third-order valence-corrected chi connectivity index (χ3v) is 6.25. The van der Waals surface area contributed by atoms with Crippen molar-refractivity contribution >= 4 is 114 Å². The topological polar surface area (TPSA) is 0 Å². The SMILES string of the molecule is Clc1cc(Cl)c2c(c1Cl)c(Cl)c(Cl)c1c(Cl)cc(Cl)c(Cl)c12. The number of rotatable bonds is 0. The molecule has 0 N–H and O–H groups in total. The van der Waals surface area contributed by atoms with Crippen LogP contribution in [-0.4, -0.2) is 0 Å². The van der Waals surface area contributed by atoms with Crippen molar-refractivity contribution in [1.82, 2.24) is 0 Å². The second kappa shape index (κ2) is 6.10. The number of halogens is 8. The van der Waals surface area contributed by atoms with Crippen molar-refractivity contribution in [2.24, 2.45) is 0 Å². The minimum Gasteiger partial charge on any atom is -0.0836 e. The predicted molar refractivity (Wildman–Crippen MR) is 102 cm³/mol. The van der Waals surface area contributed by atoms with Gasteiger partial charge >= 0.3 is 0 Å². The summed E-state index contributed by atoms with van der Waals surface area (Å²) in [4.78, 5) is 0. The van der Waals surface area contributed by atoms with Crippen LogP contribution in [0.3, 0.4) is 0 Å². The third kappa shape index (κ3) is 2.44. The number of fused-ring (bicyclic) bond motifs is 3. The average molecular weight is 454 g/mol. The molecule has 0 bridgehead atoms. The lowest BCUT2D eigenvalue weighted by Gasteiger charge is -2.16. The van der Waals surface area contributed by atoms with Crippen LogP contribution in [0.5, 0.6) is 0 Å². The lowest BCUT2D eigenvalue weighted by molar-refractivity contribution is 1.75. The molecule has 0 saturated carbocycles. The van der Waals surface area contributed by atoms with Crippen LogP contribution in [0.15, 0.2) is 12.1 Å². The van der Waals surface area contributed by atoms with Crippen molar-refractivity contribution < 1.29 is 0 Å². The van der Waals surface area contributed by atoms with Gasteiger partial charge in [-0.15, -0.1) is 0 Å². The van der Waals surface area contributed by atoms with Gasteiger partial charge in [0.2, 0.25) is 0 Å². The standard InChI is InChI=1S/C14H2Cl8/c15-3-1-6(18)12(20)10-7(3)9-8(13(21)14(10)22)4(16)2-5(17)11(9)19/h1-2H. The van der Waals surface area contributed by atoms with Crippen LogP contribution < -0.4 is 0 Å². The Morgan fingerprint density at radius 3 is 1.32 bits per heavy atom. The van der Waals surface area contributed by atoms with Gasteiger partial charge in [0.15, 0.2) is 0 Å². The highest BCUT2D eigenvalue weighted by molar-refractivity contribution is 6.59. The first-order valence-corrected chi connectivity index (χ1v) is 8.69. The van der Waals surface area contributed by atoms with Gasteiger partial charge in [0, 0.05) is 21.5 Å². The van der Waals surface area contributed by atoms with E-state index in [0.717, 1.165) is 0 Å². The number of hydrogen-bond donors (Lipinski definition) is 0. The second-order valence-corrected chi connectivity index (χ2v) is 7.58. The predicted octanol–water partition coefficient (Wildman–Crippen LogP) is 9.22. The van der Waals surface area contributed by atoms with Gasteiger partial charge < -0.3 is 0 Å². The molecule has 0 aliphatic heterocycles. The summed E-state index contributed by atoms with van der Waals surface area (Å²) in [7, 11) is 0. The van der Waals surface area contributed by atoms with Gasteiger partial charge in [-0.25, -0.2) is 0 Å². The van der Waals surface area contributed by atoms with Crippen molar-refractivity contribution in [3.63, 3.8) is 0 Å². The Labute approximate surface area is 165 Å². The van der Waals surface area contributed by atoms with E-state index in [1.165, 1.54) is 12.1 Å². The fourth-order valence-corrected chi connectivity index (χ4v) is 4.58. The Balaban J connectivity index is 2.82.